The summed E-state index contributed by atoms with van der Waals surface area (Å²) in [6.07, 6.45) is 6.19. The minimum absolute atomic E-state index is 0.349. The van der Waals surface area contributed by atoms with Crippen molar-refractivity contribution >= 4 is 28.2 Å². The number of thioether (sulfide) groups is 1. The van der Waals surface area contributed by atoms with Crippen LogP contribution in [-0.2, 0) is 5.75 Å². The molecule has 3 rings (SSSR count). The molecule has 1 fully saturated rings. The number of benzene rings is 1. The third-order valence-electron chi connectivity index (χ3n) is 3.72. The maximum Gasteiger partial charge on any atom is 0.206 e. The highest BCUT2D eigenvalue weighted by atomic mass is 32.2. The van der Waals surface area contributed by atoms with E-state index in [0.717, 1.165) is 15.5 Å². The van der Waals surface area contributed by atoms with Gasteiger partial charge in [0.2, 0.25) is 5.13 Å². The zero-order valence-electron chi connectivity index (χ0n) is 12.0. The van der Waals surface area contributed by atoms with Crippen molar-refractivity contribution in [1.82, 2.24) is 10.2 Å². The van der Waals surface area contributed by atoms with Crippen LogP contribution < -0.4 is 5.32 Å². The van der Waals surface area contributed by atoms with Crippen molar-refractivity contribution in [2.75, 3.05) is 5.32 Å². The smallest absolute Gasteiger partial charge is 0.206 e. The molecule has 2 aromatic rings. The molecular formula is C15H17F2N3S2. The van der Waals surface area contributed by atoms with Gasteiger partial charge in [-0.05, 0) is 18.9 Å². The van der Waals surface area contributed by atoms with Crippen LogP contribution in [0.3, 0.4) is 0 Å². The number of anilines is 1. The zero-order valence-corrected chi connectivity index (χ0v) is 13.7. The second-order valence-electron chi connectivity index (χ2n) is 5.35. The number of hydrogen-bond acceptors (Lipinski definition) is 5. The van der Waals surface area contributed by atoms with Crippen molar-refractivity contribution in [3.8, 4) is 0 Å². The Kier molecular flexibility index (Phi) is 5.25. The van der Waals surface area contributed by atoms with Gasteiger partial charge < -0.3 is 5.32 Å². The maximum atomic E-state index is 13.6. The molecule has 7 heteroatoms. The summed E-state index contributed by atoms with van der Waals surface area (Å²) in [6.45, 7) is 0. The molecule has 0 atom stereocenters. The summed E-state index contributed by atoms with van der Waals surface area (Å²) in [6, 6.07) is 4.72. The molecule has 1 saturated carbocycles. The standard InChI is InChI=1S/C15H17F2N3S2/c16-12-8-4-5-10(13(12)17)9-21-15-20-19-14(22-15)18-11-6-2-1-3-7-11/h4-5,8,11H,1-3,6-7,9H2,(H,18,19). The Balaban J connectivity index is 1.56. The monoisotopic (exact) mass is 341 g/mol. The summed E-state index contributed by atoms with van der Waals surface area (Å²) in [5, 5.41) is 12.5. The zero-order chi connectivity index (χ0) is 15.4. The van der Waals surface area contributed by atoms with Crippen molar-refractivity contribution in [2.45, 2.75) is 48.2 Å². The fraction of sp³-hybridized carbons (Fsp3) is 0.467. The number of rotatable bonds is 5. The lowest BCUT2D eigenvalue weighted by Crippen LogP contribution is -2.21. The van der Waals surface area contributed by atoms with E-state index in [-0.39, 0.29) is 0 Å². The van der Waals surface area contributed by atoms with Gasteiger partial charge in [0.05, 0.1) is 0 Å². The molecule has 0 bridgehead atoms. The number of hydrogen-bond donors (Lipinski definition) is 1. The van der Waals surface area contributed by atoms with Crippen LogP contribution in [0, 0.1) is 11.6 Å². The van der Waals surface area contributed by atoms with E-state index in [2.05, 4.69) is 15.5 Å². The molecule has 118 valence electrons. The molecule has 0 amide bonds. The van der Waals surface area contributed by atoms with Crippen molar-refractivity contribution in [2.24, 2.45) is 0 Å². The van der Waals surface area contributed by atoms with Gasteiger partial charge in [-0.2, -0.15) is 0 Å². The second-order valence-corrected chi connectivity index (χ2v) is 7.55. The topological polar surface area (TPSA) is 37.8 Å². The Hall–Kier alpha value is -1.21. The first kappa shape index (κ1) is 15.7. The van der Waals surface area contributed by atoms with Crippen molar-refractivity contribution in [3.63, 3.8) is 0 Å². The second kappa shape index (κ2) is 7.37. The Morgan fingerprint density at radius 1 is 1.18 bits per heavy atom. The van der Waals surface area contributed by atoms with E-state index >= 15 is 0 Å². The molecule has 0 spiro atoms. The van der Waals surface area contributed by atoms with E-state index in [1.165, 1.54) is 61.3 Å². The molecule has 1 aromatic heterocycles. The fourth-order valence-electron chi connectivity index (χ4n) is 2.55. The SMILES string of the molecule is Fc1cccc(CSc2nnc(NC3CCCCC3)s2)c1F. The lowest BCUT2D eigenvalue weighted by atomic mass is 9.96. The van der Waals surface area contributed by atoms with Crippen LogP contribution in [0.2, 0.25) is 0 Å². The fourth-order valence-corrected chi connectivity index (χ4v) is 4.35. The Bertz CT molecular complexity index is 627. The van der Waals surface area contributed by atoms with Crippen molar-refractivity contribution < 1.29 is 8.78 Å². The van der Waals surface area contributed by atoms with Crippen LogP contribution in [0.15, 0.2) is 22.5 Å². The van der Waals surface area contributed by atoms with Crippen LogP contribution >= 0.6 is 23.1 Å². The summed E-state index contributed by atoms with van der Waals surface area (Å²) in [4.78, 5) is 0. The molecule has 1 aromatic carbocycles. The molecular weight excluding hydrogens is 324 g/mol. The normalized spacial score (nSPS) is 15.9. The molecule has 0 radical (unpaired) electrons. The molecule has 1 aliphatic rings. The van der Waals surface area contributed by atoms with Gasteiger partial charge in [-0.25, -0.2) is 8.78 Å². The molecule has 0 aliphatic heterocycles. The highest BCUT2D eigenvalue weighted by Gasteiger charge is 2.15. The quantitative estimate of drug-likeness (QED) is 0.789. The van der Waals surface area contributed by atoms with Gasteiger partial charge >= 0.3 is 0 Å². The Morgan fingerprint density at radius 3 is 2.82 bits per heavy atom. The van der Waals surface area contributed by atoms with E-state index in [9.17, 15) is 8.78 Å². The summed E-state index contributed by atoms with van der Waals surface area (Å²) < 4.78 is 27.5. The highest BCUT2D eigenvalue weighted by Crippen LogP contribution is 2.31. The van der Waals surface area contributed by atoms with E-state index in [1.54, 1.807) is 6.07 Å². The first-order chi connectivity index (χ1) is 10.7. The maximum absolute atomic E-state index is 13.6. The van der Waals surface area contributed by atoms with Crippen molar-refractivity contribution in [3.05, 3.63) is 35.4 Å². The van der Waals surface area contributed by atoms with Crippen LogP contribution in [-0.4, -0.2) is 16.2 Å². The third kappa shape index (κ3) is 3.95. The average molecular weight is 341 g/mol. The van der Waals surface area contributed by atoms with E-state index in [1.807, 2.05) is 0 Å². The van der Waals surface area contributed by atoms with E-state index < -0.39 is 11.6 Å². The number of aromatic nitrogens is 2. The van der Waals surface area contributed by atoms with Crippen LogP contribution in [0.25, 0.3) is 0 Å². The van der Waals surface area contributed by atoms with Crippen LogP contribution in [0.1, 0.15) is 37.7 Å². The Morgan fingerprint density at radius 2 is 2.00 bits per heavy atom. The van der Waals surface area contributed by atoms with Gasteiger partial charge in [-0.3, -0.25) is 0 Å². The molecule has 1 heterocycles. The molecule has 22 heavy (non-hydrogen) atoms. The van der Waals surface area contributed by atoms with Gasteiger partial charge in [-0.1, -0.05) is 54.5 Å². The number of nitrogens with zero attached hydrogens (tertiary/aromatic N) is 2. The van der Waals surface area contributed by atoms with Gasteiger partial charge in [0, 0.05) is 17.4 Å². The molecule has 0 saturated heterocycles. The van der Waals surface area contributed by atoms with Crippen LogP contribution in [0.4, 0.5) is 13.9 Å². The minimum atomic E-state index is -0.810. The largest absolute Gasteiger partial charge is 0.357 e. The molecule has 0 unspecified atom stereocenters. The lowest BCUT2D eigenvalue weighted by molar-refractivity contribution is 0.462. The molecule has 3 nitrogen and oxygen atoms in total. The predicted molar refractivity (Wildman–Crippen MR) is 86.3 cm³/mol. The molecule has 1 N–H and O–H groups in total. The van der Waals surface area contributed by atoms with Gasteiger partial charge in [0.15, 0.2) is 16.0 Å². The van der Waals surface area contributed by atoms with Crippen molar-refractivity contribution in [1.29, 1.82) is 0 Å². The van der Waals surface area contributed by atoms with Gasteiger partial charge in [-0.15, -0.1) is 10.2 Å². The summed E-state index contributed by atoms with van der Waals surface area (Å²) in [7, 11) is 0. The average Bonchev–Trinajstić information content (AvgIpc) is 2.97. The third-order valence-corrected chi connectivity index (χ3v) is 5.76. The first-order valence-corrected chi connectivity index (χ1v) is 9.18. The predicted octanol–water partition coefficient (Wildman–Crippen LogP) is 4.85. The summed E-state index contributed by atoms with van der Waals surface area (Å²) in [5.41, 5.74) is 0.349. The lowest BCUT2D eigenvalue weighted by Gasteiger charge is -2.21. The number of nitrogens with one attached hydrogen (secondary N) is 1. The van der Waals surface area contributed by atoms with Crippen LogP contribution in [0.5, 0.6) is 0 Å². The summed E-state index contributed by atoms with van der Waals surface area (Å²) in [5.74, 6) is -1.24. The summed E-state index contributed by atoms with van der Waals surface area (Å²) >= 11 is 2.85. The van der Waals surface area contributed by atoms with Gasteiger partial charge in [0.25, 0.3) is 0 Å². The minimum Gasteiger partial charge on any atom is -0.357 e. The Labute approximate surface area is 136 Å². The number of halogens is 2. The van der Waals surface area contributed by atoms with E-state index in [0.29, 0.717) is 17.4 Å². The van der Waals surface area contributed by atoms with E-state index in [4.69, 9.17) is 0 Å². The van der Waals surface area contributed by atoms with Gasteiger partial charge in [0.1, 0.15) is 0 Å². The highest BCUT2D eigenvalue weighted by molar-refractivity contribution is 8.00. The first-order valence-electron chi connectivity index (χ1n) is 7.38. The molecule has 1 aliphatic carbocycles.